The number of aromatic nitrogens is 6. The van der Waals surface area contributed by atoms with Crippen molar-refractivity contribution in [2.45, 2.75) is 36.0 Å². The minimum atomic E-state index is -0.525. The maximum atomic E-state index is 11.2. The molecule has 0 radical (unpaired) electrons. The van der Waals surface area contributed by atoms with Gasteiger partial charge in [-0.2, -0.15) is 4.98 Å². The second-order valence-electron chi connectivity index (χ2n) is 4.43. The molecule has 0 bridgehead atoms. The van der Waals surface area contributed by atoms with Crippen molar-refractivity contribution in [3.63, 3.8) is 0 Å². The third-order valence-electron chi connectivity index (χ3n) is 2.88. The lowest BCUT2D eigenvalue weighted by molar-refractivity contribution is -0.389. The number of hydrogen-bond donors (Lipinski definition) is 2. The van der Waals surface area contributed by atoms with E-state index in [1.807, 2.05) is 0 Å². The molecule has 1 fully saturated rings. The molecule has 0 amide bonds. The zero-order valence-corrected chi connectivity index (χ0v) is 11.7. The van der Waals surface area contributed by atoms with Crippen LogP contribution in [-0.4, -0.2) is 35.1 Å². The average molecular weight is 309 g/mol. The molecule has 12 heteroatoms. The summed E-state index contributed by atoms with van der Waals surface area (Å²) in [6, 6.07) is 0.261. The fraction of sp³-hybridized carbons (Fsp3) is 0.444. The van der Waals surface area contributed by atoms with Gasteiger partial charge in [-0.25, -0.2) is 15.5 Å². The molecular weight excluding hydrogens is 298 g/mol. The van der Waals surface area contributed by atoms with Gasteiger partial charge in [0.1, 0.15) is 5.69 Å². The molecule has 110 valence electrons. The minimum absolute atomic E-state index is 0.103. The normalized spacial score (nSPS) is 14.2. The molecule has 2 aromatic heterocycles. The lowest BCUT2D eigenvalue weighted by Gasteiger charge is -2.06. The summed E-state index contributed by atoms with van der Waals surface area (Å²) >= 11 is 1.03. The van der Waals surface area contributed by atoms with Crippen molar-refractivity contribution < 1.29 is 4.92 Å². The molecule has 0 saturated heterocycles. The maximum Gasteiger partial charge on any atom is 0.322 e. The van der Waals surface area contributed by atoms with Crippen molar-refractivity contribution in [1.29, 1.82) is 0 Å². The second kappa shape index (κ2) is 5.21. The lowest BCUT2D eigenvalue weighted by atomic mass is 10.4. The van der Waals surface area contributed by atoms with Gasteiger partial charge in [-0.15, -0.1) is 5.10 Å². The summed E-state index contributed by atoms with van der Waals surface area (Å²) in [4.78, 5) is 18.6. The quantitative estimate of drug-likeness (QED) is 0.344. The Morgan fingerprint density at radius 1 is 1.48 bits per heavy atom. The van der Waals surface area contributed by atoms with Crippen molar-refractivity contribution in [3.05, 3.63) is 15.8 Å². The van der Waals surface area contributed by atoms with Crippen LogP contribution in [0.2, 0.25) is 0 Å². The Balaban J connectivity index is 2.01. The number of nitro groups is 1. The van der Waals surface area contributed by atoms with Gasteiger partial charge in [0.25, 0.3) is 0 Å². The van der Waals surface area contributed by atoms with E-state index in [1.54, 1.807) is 4.68 Å². The van der Waals surface area contributed by atoms with Crippen LogP contribution in [0.25, 0.3) is 0 Å². The van der Waals surface area contributed by atoms with Crippen molar-refractivity contribution in [2.24, 2.45) is 5.84 Å². The van der Waals surface area contributed by atoms with Gasteiger partial charge >= 0.3 is 5.69 Å². The van der Waals surface area contributed by atoms with Crippen molar-refractivity contribution in [3.8, 4) is 0 Å². The van der Waals surface area contributed by atoms with Gasteiger partial charge in [0, 0.05) is 0 Å². The number of nitrogen functional groups attached to an aromatic ring is 1. The average Bonchev–Trinajstić information content (AvgIpc) is 3.18. The van der Waals surface area contributed by atoms with Crippen molar-refractivity contribution in [1.82, 2.24) is 30.2 Å². The first-order valence-corrected chi connectivity index (χ1v) is 6.87. The number of hydrogen-bond acceptors (Lipinski definition) is 10. The molecule has 2 heterocycles. The van der Waals surface area contributed by atoms with Crippen molar-refractivity contribution in [2.75, 3.05) is 5.43 Å². The van der Waals surface area contributed by atoms with E-state index in [4.69, 9.17) is 5.84 Å². The predicted molar refractivity (Wildman–Crippen MR) is 71.4 cm³/mol. The first-order valence-electron chi connectivity index (χ1n) is 6.05. The first-order chi connectivity index (χ1) is 10.1. The molecule has 0 aromatic carbocycles. The van der Waals surface area contributed by atoms with Gasteiger partial charge in [0.2, 0.25) is 11.1 Å². The second-order valence-corrected chi connectivity index (χ2v) is 5.38. The molecule has 21 heavy (non-hydrogen) atoms. The lowest BCUT2D eigenvalue weighted by Crippen LogP contribution is -2.13. The highest BCUT2D eigenvalue weighted by Crippen LogP contribution is 2.40. The molecule has 1 aliphatic carbocycles. The third-order valence-corrected chi connectivity index (χ3v) is 3.81. The number of nitrogens with two attached hydrogens (primary N) is 1. The van der Waals surface area contributed by atoms with Crippen LogP contribution in [0.3, 0.4) is 0 Å². The van der Waals surface area contributed by atoms with E-state index in [1.165, 1.54) is 6.92 Å². The Hall–Kier alpha value is -2.34. The number of nitrogens with one attached hydrogen (secondary N) is 1. The van der Waals surface area contributed by atoms with Crippen LogP contribution < -0.4 is 11.3 Å². The monoisotopic (exact) mass is 309 g/mol. The Kier molecular flexibility index (Phi) is 3.39. The number of rotatable bonds is 5. The number of anilines is 1. The Morgan fingerprint density at radius 3 is 2.86 bits per heavy atom. The van der Waals surface area contributed by atoms with E-state index in [-0.39, 0.29) is 28.4 Å². The van der Waals surface area contributed by atoms with E-state index in [0.717, 1.165) is 24.6 Å². The summed E-state index contributed by atoms with van der Waals surface area (Å²) in [6.45, 7) is 1.52. The van der Waals surface area contributed by atoms with Gasteiger partial charge in [-0.3, -0.25) is 15.5 Å². The highest BCUT2D eigenvalue weighted by atomic mass is 32.2. The summed E-state index contributed by atoms with van der Waals surface area (Å²) in [6.07, 6.45) is 2.00. The van der Waals surface area contributed by atoms with Crippen LogP contribution in [0.5, 0.6) is 0 Å². The SMILES string of the molecule is Cc1nc(NN)nc(Sc2nnnn2C2CC2)c1[N+](=O)[O-]. The molecule has 0 atom stereocenters. The largest absolute Gasteiger partial charge is 0.322 e. The van der Waals surface area contributed by atoms with Crippen molar-refractivity contribution >= 4 is 23.4 Å². The van der Waals surface area contributed by atoms with Crippen LogP contribution in [0.15, 0.2) is 10.2 Å². The number of tetrazole rings is 1. The molecule has 3 rings (SSSR count). The summed E-state index contributed by atoms with van der Waals surface area (Å²) in [7, 11) is 0. The Morgan fingerprint density at radius 2 is 2.24 bits per heavy atom. The van der Waals surface area contributed by atoms with Gasteiger partial charge in [0.15, 0.2) is 5.03 Å². The fourth-order valence-corrected chi connectivity index (χ4v) is 2.75. The van der Waals surface area contributed by atoms with Crippen LogP contribution in [-0.2, 0) is 0 Å². The third kappa shape index (κ3) is 2.62. The van der Waals surface area contributed by atoms with E-state index in [2.05, 4.69) is 30.9 Å². The van der Waals surface area contributed by atoms with E-state index >= 15 is 0 Å². The Bertz CT molecular complexity index is 699. The number of hydrazine groups is 1. The molecular formula is C9H11N9O2S. The topological polar surface area (TPSA) is 151 Å². The molecule has 3 N–H and O–H groups in total. The minimum Gasteiger partial charge on any atom is -0.292 e. The van der Waals surface area contributed by atoms with Gasteiger partial charge in [0.05, 0.1) is 11.0 Å². The molecule has 2 aromatic rings. The van der Waals surface area contributed by atoms with Gasteiger partial charge in [-0.05, 0) is 42.0 Å². The molecule has 0 spiro atoms. The standard InChI is InChI=1S/C9H11N9O2S/c1-4-6(18(19)20)7(12-8(11-4)13-10)21-9-14-15-16-17(9)5-2-3-5/h5H,2-3,10H2,1H3,(H,11,12,13). The first kappa shape index (κ1) is 13.6. The summed E-state index contributed by atoms with van der Waals surface area (Å²) < 4.78 is 1.65. The summed E-state index contributed by atoms with van der Waals surface area (Å²) in [5.41, 5.74) is 2.33. The zero-order chi connectivity index (χ0) is 15.0. The van der Waals surface area contributed by atoms with Gasteiger partial charge < -0.3 is 0 Å². The molecule has 0 aliphatic heterocycles. The van der Waals surface area contributed by atoms with Gasteiger partial charge in [-0.1, -0.05) is 0 Å². The fourth-order valence-electron chi connectivity index (χ4n) is 1.77. The van der Waals surface area contributed by atoms with Crippen LogP contribution in [0.4, 0.5) is 11.6 Å². The molecule has 0 unspecified atom stereocenters. The maximum absolute atomic E-state index is 11.2. The number of nitrogens with zero attached hydrogens (tertiary/aromatic N) is 7. The highest BCUT2D eigenvalue weighted by Gasteiger charge is 2.30. The van der Waals surface area contributed by atoms with E-state index < -0.39 is 4.92 Å². The van der Waals surface area contributed by atoms with Crippen LogP contribution >= 0.6 is 11.8 Å². The zero-order valence-electron chi connectivity index (χ0n) is 10.9. The summed E-state index contributed by atoms with van der Waals surface area (Å²) in [5, 5.41) is 23.2. The Labute approximate surface area is 122 Å². The van der Waals surface area contributed by atoms with Crippen LogP contribution in [0, 0.1) is 17.0 Å². The predicted octanol–water partition coefficient (Wildman–Crippen LogP) is 0.451. The number of aryl methyl sites for hydroxylation is 1. The van der Waals surface area contributed by atoms with Crippen LogP contribution in [0.1, 0.15) is 24.6 Å². The van der Waals surface area contributed by atoms with E-state index in [9.17, 15) is 10.1 Å². The molecule has 11 nitrogen and oxygen atoms in total. The molecule has 1 saturated carbocycles. The molecule has 1 aliphatic rings. The smallest absolute Gasteiger partial charge is 0.292 e. The van der Waals surface area contributed by atoms with E-state index in [0.29, 0.717) is 5.16 Å². The summed E-state index contributed by atoms with van der Waals surface area (Å²) in [5.74, 6) is 5.38. The highest BCUT2D eigenvalue weighted by molar-refractivity contribution is 7.99.